The van der Waals surface area contributed by atoms with Gasteiger partial charge in [0.25, 0.3) is 0 Å². The van der Waals surface area contributed by atoms with E-state index in [2.05, 4.69) is 21.3 Å². The molecule has 11 N–H and O–H groups in total. The average molecular weight is 885 g/mol. The van der Waals surface area contributed by atoms with Gasteiger partial charge in [-0.25, -0.2) is 19.2 Å². The fourth-order valence-corrected chi connectivity index (χ4v) is 6.57. The van der Waals surface area contributed by atoms with Crippen LogP contribution in [0, 0.1) is 0 Å². The maximum absolute atomic E-state index is 13.2. The van der Waals surface area contributed by atoms with Crippen molar-refractivity contribution in [2.75, 3.05) is 13.2 Å². The highest BCUT2D eigenvalue weighted by atomic mass is 16.7. The number of ether oxygens (including phenoxy) is 8. The first-order valence-corrected chi connectivity index (χ1v) is 20.1. The highest BCUT2D eigenvalue weighted by molar-refractivity contribution is 5.70. The lowest BCUT2D eigenvalue weighted by Gasteiger charge is -2.49. The molecule has 3 aliphatic rings. The Morgan fingerprint density at radius 3 is 1.33 bits per heavy atom. The zero-order valence-corrected chi connectivity index (χ0v) is 36.8. The first-order chi connectivity index (χ1) is 27.8. The van der Waals surface area contributed by atoms with Crippen LogP contribution in [-0.2, 0) is 37.9 Å². The van der Waals surface area contributed by atoms with Crippen LogP contribution < -0.4 is 21.3 Å². The van der Waals surface area contributed by atoms with Gasteiger partial charge in [-0.3, -0.25) is 0 Å². The third-order valence-corrected chi connectivity index (χ3v) is 9.04. The van der Waals surface area contributed by atoms with Crippen LogP contribution >= 0.6 is 0 Å². The predicted octanol–water partition coefficient (Wildman–Crippen LogP) is -1.03. The number of alkyl carbamates (subject to hydrolysis) is 4. The van der Waals surface area contributed by atoms with Gasteiger partial charge in [-0.1, -0.05) is 0 Å². The summed E-state index contributed by atoms with van der Waals surface area (Å²) in [4.78, 5) is 51.6. The molecule has 0 spiro atoms. The summed E-state index contributed by atoms with van der Waals surface area (Å²) >= 11 is 0. The van der Waals surface area contributed by atoms with E-state index in [-0.39, 0.29) is 6.42 Å². The summed E-state index contributed by atoms with van der Waals surface area (Å²) in [5, 5.41) is 87.3. The van der Waals surface area contributed by atoms with E-state index in [0.29, 0.717) is 0 Å². The lowest BCUT2D eigenvalue weighted by Crippen LogP contribution is -2.70. The summed E-state index contributed by atoms with van der Waals surface area (Å²) < 4.78 is 45.2. The minimum atomic E-state index is -2.00. The Labute approximate surface area is 355 Å². The molecule has 2 aliphatic heterocycles. The molecule has 3 rings (SSSR count). The fourth-order valence-electron chi connectivity index (χ4n) is 6.57. The third kappa shape index (κ3) is 15.7. The van der Waals surface area contributed by atoms with Crippen molar-refractivity contribution in [3.05, 3.63) is 0 Å². The first kappa shape index (κ1) is 52.0. The van der Waals surface area contributed by atoms with E-state index in [0.717, 1.165) is 0 Å². The number of amides is 4. The van der Waals surface area contributed by atoms with Crippen molar-refractivity contribution in [3.63, 3.8) is 0 Å². The summed E-state index contributed by atoms with van der Waals surface area (Å²) in [6.07, 6.45) is -25.7. The van der Waals surface area contributed by atoms with Gasteiger partial charge in [0.05, 0.1) is 24.7 Å². The zero-order chi connectivity index (χ0) is 46.6. The lowest BCUT2D eigenvalue weighted by molar-refractivity contribution is -0.334. The molecule has 0 aromatic rings. The molecule has 4 amide bonds. The third-order valence-electron chi connectivity index (χ3n) is 9.04. The van der Waals surface area contributed by atoms with Crippen LogP contribution in [0.5, 0.6) is 0 Å². The predicted molar refractivity (Wildman–Crippen MR) is 209 cm³/mol. The molecule has 15 atom stereocenters. The van der Waals surface area contributed by atoms with Gasteiger partial charge in [-0.2, -0.15) is 0 Å². The fraction of sp³-hybridized carbons (Fsp3) is 0.895. The van der Waals surface area contributed by atoms with Crippen LogP contribution in [-0.4, -0.2) is 187 Å². The lowest BCUT2D eigenvalue weighted by atomic mass is 9.83. The van der Waals surface area contributed by atoms with E-state index in [1.807, 2.05) is 0 Å². The number of nitrogens with one attached hydrogen (secondary N) is 4. The summed E-state index contributed by atoms with van der Waals surface area (Å²) in [5.41, 5.74) is -3.90. The molecule has 3 fully saturated rings. The van der Waals surface area contributed by atoms with E-state index in [1.54, 1.807) is 83.1 Å². The molecule has 15 unspecified atom stereocenters. The molecule has 23 nitrogen and oxygen atoms in total. The van der Waals surface area contributed by atoms with Gasteiger partial charge in [-0.15, -0.1) is 0 Å². The second kappa shape index (κ2) is 20.4. The number of carbonyl (C=O) groups is 4. The molecular weight excluding hydrogens is 816 g/mol. The number of hydrogen-bond acceptors (Lipinski definition) is 19. The van der Waals surface area contributed by atoms with Crippen molar-refractivity contribution >= 4 is 24.4 Å². The van der Waals surface area contributed by atoms with Gasteiger partial charge in [0.1, 0.15) is 83.4 Å². The Balaban J connectivity index is 2.05. The summed E-state index contributed by atoms with van der Waals surface area (Å²) in [6, 6.07) is -4.26. The number of aliphatic hydroxyl groups excluding tert-OH is 7. The molecule has 61 heavy (non-hydrogen) atoms. The standard InChI is InChI=1S/C38H68N4O19/c1-35(2,3)58-31(50)39-14-18-22(45)24(47)25(48)30(54-18)57-28-17(41-33(52)60-37(7,8)9)13-16(40-32(51)59-36(4,5)6)27(26(28)49)56-29-23(46)20(21(44)19(15-43)55-29)42-34(53)61-38(10,11)12/h16-30,43-49H,13-15H2,1-12H3,(H,39,50)(H,40,51)(H,41,52)(H,42,53). The molecule has 1 aliphatic carbocycles. The molecule has 0 aromatic carbocycles. The van der Waals surface area contributed by atoms with Crippen molar-refractivity contribution in [3.8, 4) is 0 Å². The quantitative estimate of drug-likeness (QED) is 0.117. The Morgan fingerprint density at radius 1 is 0.508 bits per heavy atom. The SMILES string of the molecule is CC(C)(C)OC(=O)NCC1OC(OC2C(NC(=O)OC(C)(C)C)CC(NC(=O)OC(C)(C)C)C(OC3OC(CO)C(O)C(NC(=O)OC(C)(C)C)C3O)C2O)C(O)C(O)C1O. The largest absolute Gasteiger partial charge is 0.444 e. The van der Waals surface area contributed by atoms with Gasteiger partial charge < -0.3 is 94.9 Å². The topological polar surface area (TPSA) is 332 Å². The molecule has 2 heterocycles. The van der Waals surface area contributed by atoms with E-state index in [1.165, 1.54) is 0 Å². The zero-order valence-electron chi connectivity index (χ0n) is 36.8. The maximum atomic E-state index is 13.2. The van der Waals surface area contributed by atoms with Crippen molar-refractivity contribution in [1.82, 2.24) is 21.3 Å². The molecule has 23 heteroatoms. The Kier molecular flexibility index (Phi) is 17.4. The number of aliphatic hydroxyl groups is 7. The van der Waals surface area contributed by atoms with Crippen LogP contribution in [0.4, 0.5) is 19.2 Å². The van der Waals surface area contributed by atoms with Crippen LogP contribution in [0.1, 0.15) is 89.5 Å². The highest BCUT2D eigenvalue weighted by Crippen LogP contribution is 2.34. The Hall–Kier alpha value is -3.36. The smallest absolute Gasteiger partial charge is 0.408 e. The minimum Gasteiger partial charge on any atom is -0.444 e. The van der Waals surface area contributed by atoms with Gasteiger partial charge >= 0.3 is 24.4 Å². The first-order valence-electron chi connectivity index (χ1n) is 20.1. The van der Waals surface area contributed by atoms with Crippen LogP contribution in [0.2, 0.25) is 0 Å². The molecule has 1 saturated carbocycles. The molecule has 0 radical (unpaired) electrons. The van der Waals surface area contributed by atoms with Gasteiger partial charge in [0.2, 0.25) is 0 Å². The number of carbonyl (C=O) groups excluding carboxylic acids is 4. The van der Waals surface area contributed by atoms with Crippen molar-refractivity contribution in [1.29, 1.82) is 0 Å². The van der Waals surface area contributed by atoms with Gasteiger partial charge in [0.15, 0.2) is 12.6 Å². The second-order valence-electron chi connectivity index (χ2n) is 19.2. The van der Waals surface area contributed by atoms with Crippen LogP contribution in [0.15, 0.2) is 0 Å². The van der Waals surface area contributed by atoms with E-state index < -0.39 is 152 Å². The molecule has 0 aromatic heterocycles. The molecular formula is C38H68N4O19. The van der Waals surface area contributed by atoms with Gasteiger partial charge in [-0.05, 0) is 89.5 Å². The number of rotatable bonds is 10. The maximum Gasteiger partial charge on any atom is 0.408 e. The monoisotopic (exact) mass is 884 g/mol. The highest BCUT2D eigenvalue weighted by Gasteiger charge is 2.54. The van der Waals surface area contributed by atoms with E-state index >= 15 is 0 Å². The summed E-state index contributed by atoms with van der Waals surface area (Å²) in [5.74, 6) is 0. The molecule has 0 bridgehead atoms. The normalized spacial score (nSPS) is 35.0. The van der Waals surface area contributed by atoms with Crippen molar-refractivity contribution in [2.45, 2.75) is 204 Å². The summed E-state index contributed by atoms with van der Waals surface area (Å²) in [7, 11) is 0. The second-order valence-corrected chi connectivity index (χ2v) is 19.2. The Bertz CT molecular complexity index is 1480. The van der Waals surface area contributed by atoms with E-state index in [9.17, 15) is 54.9 Å². The van der Waals surface area contributed by atoms with Crippen LogP contribution in [0.25, 0.3) is 0 Å². The average Bonchev–Trinajstić information content (AvgIpc) is 3.07. The number of hydrogen-bond donors (Lipinski definition) is 11. The minimum absolute atomic E-state index is 0.364. The Morgan fingerprint density at radius 2 is 0.902 bits per heavy atom. The van der Waals surface area contributed by atoms with E-state index in [4.69, 9.17) is 37.9 Å². The van der Waals surface area contributed by atoms with Gasteiger partial charge in [0, 0.05) is 6.54 Å². The van der Waals surface area contributed by atoms with Crippen molar-refractivity contribution in [2.24, 2.45) is 0 Å². The van der Waals surface area contributed by atoms with Crippen molar-refractivity contribution < 1.29 is 92.8 Å². The molecule has 2 saturated heterocycles. The molecule has 354 valence electrons. The summed E-state index contributed by atoms with van der Waals surface area (Å²) in [6.45, 7) is 17.9. The van der Waals surface area contributed by atoms with Crippen LogP contribution in [0.3, 0.4) is 0 Å².